The standard InChI is InChI=1S/C14H21N/c1-4-13(15)14(5-2,6-3)12-10-8-7-9-11-12/h4,7-11,13H,1,5-6,15H2,2-3H3. The molecule has 0 aliphatic carbocycles. The highest BCUT2D eigenvalue weighted by Gasteiger charge is 2.33. The molecule has 0 aliphatic rings. The van der Waals surface area contributed by atoms with Crippen LogP contribution in [0, 0.1) is 0 Å². The van der Waals surface area contributed by atoms with Crippen LogP contribution in [0.4, 0.5) is 0 Å². The van der Waals surface area contributed by atoms with Gasteiger partial charge in [-0.2, -0.15) is 0 Å². The Labute approximate surface area is 93.0 Å². The summed E-state index contributed by atoms with van der Waals surface area (Å²) in [5, 5.41) is 0. The predicted molar refractivity (Wildman–Crippen MR) is 66.9 cm³/mol. The van der Waals surface area contributed by atoms with Gasteiger partial charge in [0.25, 0.3) is 0 Å². The molecule has 0 bridgehead atoms. The molecule has 0 fully saturated rings. The van der Waals surface area contributed by atoms with Crippen molar-refractivity contribution in [1.82, 2.24) is 0 Å². The molecule has 0 aliphatic heterocycles. The maximum Gasteiger partial charge on any atom is 0.0319 e. The van der Waals surface area contributed by atoms with Crippen molar-refractivity contribution in [3.8, 4) is 0 Å². The van der Waals surface area contributed by atoms with Gasteiger partial charge in [-0.1, -0.05) is 50.3 Å². The smallest absolute Gasteiger partial charge is 0.0319 e. The highest BCUT2D eigenvalue weighted by atomic mass is 14.7. The maximum atomic E-state index is 6.19. The van der Waals surface area contributed by atoms with Crippen LogP contribution in [0.5, 0.6) is 0 Å². The number of hydrogen-bond acceptors (Lipinski definition) is 1. The van der Waals surface area contributed by atoms with Gasteiger partial charge in [0.1, 0.15) is 0 Å². The van der Waals surface area contributed by atoms with Crippen LogP contribution in [0.2, 0.25) is 0 Å². The first-order valence-corrected chi connectivity index (χ1v) is 5.65. The Kier molecular flexibility index (Phi) is 4.10. The first-order chi connectivity index (χ1) is 7.21. The maximum absolute atomic E-state index is 6.19. The third kappa shape index (κ3) is 2.13. The molecule has 0 amide bonds. The van der Waals surface area contributed by atoms with E-state index in [1.54, 1.807) is 0 Å². The number of benzene rings is 1. The lowest BCUT2D eigenvalue weighted by molar-refractivity contribution is 0.356. The second kappa shape index (κ2) is 5.13. The summed E-state index contributed by atoms with van der Waals surface area (Å²) in [5.74, 6) is 0. The van der Waals surface area contributed by atoms with Gasteiger partial charge in [-0.05, 0) is 18.4 Å². The molecule has 0 saturated carbocycles. The zero-order chi connectivity index (χ0) is 11.3. The van der Waals surface area contributed by atoms with Gasteiger partial charge in [0.15, 0.2) is 0 Å². The summed E-state index contributed by atoms with van der Waals surface area (Å²) in [4.78, 5) is 0. The highest BCUT2D eigenvalue weighted by Crippen LogP contribution is 2.34. The van der Waals surface area contributed by atoms with Crippen LogP contribution in [0.1, 0.15) is 32.3 Å². The molecule has 15 heavy (non-hydrogen) atoms. The summed E-state index contributed by atoms with van der Waals surface area (Å²) >= 11 is 0. The zero-order valence-electron chi connectivity index (χ0n) is 9.74. The van der Waals surface area contributed by atoms with Crippen molar-refractivity contribution in [2.24, 2.45) is 5.73 Å². The van der Waals surface area contributed by atoms with Crippen molar-refractivity contribution in [2.75, 3.05) is 0 Å². The van der Waals surface area contributed by atoms with E-state index in [2.05, 4.69) is 44.7 Å². The Morgan fingerprint density at radius 1 is 1.27 bits per heavy atom. The molecule has 0 spiro atoms. The van der Waals surface area contributed by atoms with Gasteiger partial charge in [0.05, 0.1) is 0 Å². The largest absolute Gasteiger partial charge is 0.324 e. The Morgan fingerprint density at radius 2 is 1.80 bits per heavy atom. The molecular weight excluding hydrogens is 182 g/mol. The van der Waals surface area contributed by atoms with Gasteiger partial charge in [-0.15, -0.1) is 6.58 Å². The second-order valence-electron chi connectivity index (χ2n) is 3.99. The Bertz CT molecular complexity index is 298. The fourth-order valence-corrected chi connectivity index (χ4v) is 2.32. The van der Waals surface area contributed by atoms with E-state index in [4.69, 9.17) is 5.73 Å². The van der Waals surface area contributed by atoms with E-state index in [9.17, 15) is 0 Å². The average Bonchev–Trinajstić information content (AvgIpc) is 2.32. The minimum absolute atomic E-state index is 0.0231. The van der Waals surface area contributed by atoms with Gasteiger partial charge >= 0.3 is 0 Å². The SMILES string of the molecule is C=CC(N)C(CC)(CC)c1ccccc1. The first kappa shape index (κ1) is 12.0. The fourth-order valence-electron chi connectivity index (χ4n) is 2.32. The van der Waals surface area contributed by atoms with Gasteiger partial charge in [-0.25, -0.2) is 0 Å². The van der Waals surface area contributed by atoms with Crippen molar-refractivity contribution in [2.45, 2.75) is 38.1 Å². The van der Waals surface area contributed by atoms with E-state index in [-0.39, 0.29) is 11.5 Å². The molecule has 82 valence electrons. The van der Waals surface area contributed by atoms with Crippen LogP contribution in [0.25, 0.3) is 0 Å². The first-order valence-electron chi connectivity index (χ1n) is 5.65. The predicted octanol–water partition coefficient (Wildman–Crippen LogP) is 3.26. The molecule has 1 aromatic carbocycles. The van der Waals surface area contributed by atoms with E-state index in [1.807, 2.05) is 12.1 Å². The Hall–Kier alpha value is -1.08. The van der Waals surface area contributed by atoms with Crippen molar-refractivity contribution in [3.63, 3.8) is 0 Å². The van der Waals surface area contributed by atoms with Gasteiger partial charge in [0, 0.05) is 11.5 Å². The Morgan fingerprint density at radius 3 is 2.20 bits per heavy atom. The molecule has 0 saturated heterocycles. The topological polar surface area (TPSA) is 26.0 Å². The van der Waals surface area contributed by atoms with Crippen molar-refractivity contribution in [3.05, 3.63) is 48.6 Å². The van der Waals surface area contributed by atoms with Crippen molar-refractivity contribution in [1.29, 1.82) is 0 Å². The van der Waals surface area contributed by atoms with E-state index in [1.165, 1.54) is 5.56 Å². The van der Waals surface area contributed by atoms with Crippen molar-refractivity contribution < 1.29 is 0 Å². The minimum Gasteiger partial charge on any atom is -0.324 e. The summed E-state index contributed by atoms with van der Waals surface area (Å²) in [6.07, 6.45) is 3.95. The van der Waals surface area contributed by atoms with Crippen LogP contribution < -0.4 is 5.73 Å². The molecule has 1 aromatic rings. The lowest BCUT2D eigenvalue weighted by Crippen LogP contribution is -2.43. The second-order valence-corrected chi connectivity index (χ2v) is 3.99. The van der Waals surface area contributed by atoms with Crippen LogP contribution in [0.3, 0.4) is 0 Å². The van der Waals surface area contributed by atoms with Crippen LogP contribution in [-0.2, 0) is 5.41 Å². The number of nitrogens with two attached hydrogens (primary N) is 1. The molecule has 0 radical (unpaired) electrons. The molecule has 1 atom stereocenters. The van der Waals surface area contributed by atoms with E-state index < -0.39 is 0 Å². The third-order valence-corrected chi connectivity index (χ3v) is 3.50. The summed E-state index contributed by atoms with van der Waals surface area (Å²) in [6.45, 7) is 8.21. The van der Waals surface area contributed by atoms with E-state index in [0.717, 1.165) is 12.8 Å². The summed E-state index contributed by atoms with van der Waals surface area (Å²) in [6, 6.07) is 10.5. The molecule has 1 rings (SSSR count). The Balaban J connectivity index is 3.16. The molecule has 1 nitrogen and oxygen atoms in total. The molecule has 0 heterocycles. The summed E-state index contributed by atoms with van der Waals surface area (Å²) in [7, 11) is 0. The zero-order valence-corrected chi connectivity index (χ0v) is 9.74. The summed E-state index contributed by atoms with van der Waals surface area (Å²) in [5.41, 5.74) is 7.55. The monoisotopic (exact) mass is 203 g/mol. The molecular formula is C14H21N. The fraction of sp³-hybridized carbons (Fsp3) is 0.429. The third-order valence-electron chi connectivity index (χ3n) is 3.50. The van der Waals surface area contributed by atoms with Gasteiger partial charge < -0.3 is 5.73 Å². The van der Waals surface area contributed by atoms with Crippen LogP contribution >= 0.6 is 0 Å². The number of rotatable bonds is 5. The van der Waals surface area contributed by atoms with E-state index in [0.29, 0.717) is 0 Å². The molecule has 2 N–H and O–H groups in total. The quantitative estimate of drug-likeness (QED) is 0.730. The minimum atomic E-state index is 0.0231. The molecule has 1 heteroatoms. The lowest BCUT2D eigenvalue weighted by atomic mass is 9.70. The van der Waals surface area contributed by atoms with Crippen LogP contribution in [-0.4, -0.2) is 6.04 Å². The van der Waals surface area contributed by atoms with Crippen LogP contribution in [0.15, 0.2) is 43.0 Å². The average molecular weight is 203 g/mol. The molecule has 0 aromatic heterocycles. The summed E-state index contributed by atoms with van der Waals surface area (Å²) < 4.78 is 0. The van der Waals surface area contributed by atoms with Gasteiger partial charge in [0.2, 0.25) is 0 Å². The molecule has 1 unspecified atom stereocenters. The lowest BCUT2D eigenvalue weighted by Gasteiger charge is -2.36. The van der Waals surface area contributed by atoms with Gasteiger partial charge in [-0.3, -0.25) is 0 Å². The normalized spacial score (nSPS) is 13.5. The number of hydrogen-bond donors (Lipinski definition) is 1. The van der Waals surface area contributed by atoms with Crippen molar-refractivity contribution >= 4 is 0 Å². The highest BCUT2D eigenvalue weighted by molar-refractivity contribution is 5.29. The van der Waals surface area contributed by atoms with E-state index >= 15 is 0 Å².